The first kappa shape index (κ1) is 20.4. The number of aryl methyl sites for hydroxylation is 1. The molecule has 0 aliphatic heterocycles. The molecule has 28 heavy (non-hydrogen) atoms. The van der Waals surface area contributed by atoms with Gasteiger partial charge < -0.3 is 20.5 Å². The van der Waals surface area contributed by atoms with Crippen LogP contribution in [0.1, 0.15) is 52.9 Å². The quantitative estimate of drug-likeness (QED) is 0.701. The maximum atomic E-state index is 13.0. The Labute approximate surface area is 171 Å². The second-order valence-electron chi connectivity index (χ2n) is 6.65. The maximum absolute atomic E-state index is 13.0. The van der Waals surface area contributed by atoms with Crippen molar-refractivity contribution < 1.29 is 19.5 Å². The van der Waals surface area contributed by atoms with Gasteiger partial charge in [-0.1, -0.05) is 18.0 Å². The maximum Gasteiger partial charge on any atom is 0.258 e. The zero-order valence-electron chi connectivity index (χ0n) is 15.2. The first-order valence-electron chi connectivity index (χ1n) is 9.15. The van der Waals surface area contributed by atoms with Gasteiger partial charge in [0.25, 0.3) is 5.91 Å². The van der Waals surface area contributed by atoms with Crippen molar-refractivity contribution in [3.05, 3.63) is 45.3 Å². The average molecular weight is 420 g/mol. The van der Waals surface area contributed by atoms with Crippen LogP contribution in [-0.4, -0.2) is 17.8 Å². The molecule has 2 amide bonds. The molecule has 0 radical (unpaired) electrons. The normalized spacial score (nSPS) is 13.3. The second-order valence-corrected chi connectivity index (χ2v) is 8.19. The molecule has 0 saturated carbocycles. The third-order valence-corrected chi connectivity index (χ3v) is 6.02. The molecule has 0 unspecified atom stereocenters. The van der Waals surface area contributed by atoms with Gasteiger partial charge in [0.05, 0.1) is 5.56 Å². The van der Waals surface area contributed by atoms with Gasteiger partial charge in [0, 0.05) is 28.0 Å². The first-order chi connectivity index (χ1) is 13.4. The van der Waals surface area contributed by atoms with Gasteiger partial charge in [0.1, 0.15) is 5.00 Å². The lowest BCUT2D eigenvalue weighted by molar-refractivity contribution is -0.305. The predicted molar refractivity (Wildman–Crippen MR) is 108 cm³/mol. The van der Waals surface area contributed by atoms with Gasteiger partial charge in [-0.25, -0.2) is 0 Å². The van der Waals surface area contributed by atoms with Crippen molar-refractivity contribution in [2.24, 2.45) is 0 Å². The highest BCUT2D eigenvalue weighted by molar-refractivity contribution is 7.17. The lowest BCUT2D eigenvalue weighted by Gasteiger charge is -2.10. The number of aliphatic carboxylic acids is 1. The molecule has 1 aromatic carbocycles. The van der Waals surface area contributed by atoms with Crippen molar-refractivity contribution in [3.8, 4) is 0 Å². The Balaban J connectivity index is 1.86. The number of hydrogen-bond donors (Lipinski definition) is 2. The average Bonchev–Trinajstić information content (AvgIpc) is 2.82. The van der Waals surface area contributed by atoms with Crippen LogP contribution in [0.25, 0.3) is 0 Å². The fourth-order valence-corrected chi connectivity index (χ4v) is 4.63. The fourth-order valence-electron chi connectivity index (χ4n) is 3.20. The summed E-state index contributed by atoms with van der Waals surface area (Å²) < 4.78 is 0. The lowest BCUT2D eigenvalue weighted by atomic mass is 10.0. The van der Waals surface area contributed by atoms with E-state index < -0.39 is 11.9 Å². The molecule has 1 aliphatic carbocycles. The molecule has 148 valence electrons. The summed E-state index contributed by atoms with van der Waals surface area (Å²) in [5.74, 6) is -2.02. The van der Waals surface area contributed by atoms with E-state index in [1.165, 1.54) is 11.3 Å². The Kier molecular flexibility index (Phi) is 6.70. The number of nitrogens with one attached hydrogen (secondary N) is 2. The third-order valence-electron chi connectivity index (χ3n) is 4.56. The molecule has 0 spiro atoms. The summed E-state index contributed by atoms with van der Waals surface area (Å²) in [4.78, 5) is 36.8. The Morgan fingerprint density at radius 2 is 1.71 bits per heavy atom. The van der Waals surface area contributed by atoms with Crippen LogP contribution in [-0.2, 0) is 22.4 Å². The van der Waals surface area contributed by atoms with Crippen molar-refractivity contribution in [1.82, 2.24) is 0 Å². The highest BCUT2D eigenvalue weighted by Crippen LogP contribution is 2.38. The van der Waals surface area contributed by atoms with Gasteiger partial charge in [-0.2, -0.15) is 0 Å². The van der Waals surface area contributed by atoms with E-state index in [1.54, 1.807) is 24.3 Å². The van der Waals surface area contributed by atoms with Crippen LogP contribution in [0.4, 0.5) is 10.7 Å². The highest BCUT2D eigenvalue weighted by Gasteiger charge is 2.25. The summed E-state index contributed by atoms with van der Waals surface area (Å²) in [6.45, 7) is 0. The standard InChI is InChI=1S/C20H21ClN2O4S/c21-12-6-8-13(9-7-12)22-19(27)18-14-4-2-1-3-5-15(14)28-20(18)23-16(24)10-11-17(25)26/h6-9H,1-5,10-11H2,(H,22,27)(H,23,24)(H,25,26)/p-1. The van der Waals surface area contributed by atoms with E-state index in [4.69, 9.17) is 11.6 Å². The van der Waals surface area contributed by atoms with Gasteiger partial charge in [0.15, 0.2) is 0 Å². The summed E-state index contributed by atoms with van der Waals surface area (Å²) in [6, 6.07) is 6.80. The molecule has 0 fully saturated rings. The van der Waals surface area contributed by atoms with E-state index in [0.29, 0.717) is 21.3 Å². The highest BCUT2D eigenvalue weighted by atomic mass is 35.5. The molecular weight excluding hydrogens is 400 g/mol. The summed E-state index contributed by atoms with van der Waals surface area (Å²) in [5.41, 5.74) is 2.06. The summed E-state index contributed by atoms with van der Waals surface area (Å²) in [5, 5.41) is 17.2. The summed E-state index contributed by atoms with van der Waals surface area (Å²) in [6.07, 6.45) is 4.24. The molecule has 0 bridgehead atoms. The molecule has 3 rings (SSSR count). The van der Waals surface area contributed by atoms with E-state index in [1.807, 2.05) is 0 Å². The van der Waals surface area contributed by atoms with Gasteiger partial charge in [-0.15, -0.1) is 11.3 Å². The van der Waals surface area contributed by atoms with Gasteiger partial charge in [-0.05, 0) is 61.9 Å². The molecule has 2 aromatic rings. The number of carbonyl (C=O) groups excluding carboxylic acids is 3. The first-order valence-corrected chi connectivity index (χ1v) is 10.3. The van der Waals surface area contributed by atoms with Crippen molar-refractivity contribution in [3.63, 3.8) is 0 Å². The van der Waals surface area contributed by atoms with Crippen LogP contribution in [0, 0.1) is 0 Å². The number of thiophene rings is 1. The van der Waals surface area contributed by atoms with Gasteiger partial charge in [-0.3, -0.25) is 9.59 Å². The van der Waals surface area contributed by atoms with Crippen LogP contribution in [0.2, 0.25) is 5.02 Å². The van der Waals surface area contributed by atoms with Crippen LogP contribution in [0.5, 0.6) is 0 Å². The Morgan fingerprint density at radius 3 is 2.43 bits per heavy atom. The molecule has 1 aromatic heterocycles. The topological polar surface area (TPSA) is 98.3 Å². The van der Waals surface area contributed by atoms with Crippen molar-refractivity contribution in [2.45, 2.75) is 44.9 Å². The van der Waals surface area contributed by atoms with Crippen LogP contribution >= 0.6 is 22.9 Å². The van der Waals surface area contributed by atoms with E-state index in [-0.39, 0.29) is 18.7 Å². The Morgan fingerprint density at radius 1 is 1.00 bits per heavy atom. The number of carboxylic acid groups (broad SMARTS) is 1. The number of carbonyl (C=O) groups is 3. The smallest absolute Gasteiger partial charge is 0.258 e. The molecule has 0 saturated heterocycles. The predicted octanol–water partition coefficient (Wildman–Crippen LogP) is 3.39. The van der Waals surface area contributed by atoms with E-state index >= 15 is 0 Å². The Hall–Kier alpha value is -2.38. The van der Waals surface area contributed by atoms with Crippen molar-refractivity contribution >= 4 is 51.4 Å². The summed E-state index contributed by atoms with van der Waals surface area (Å²) >= 11 is 7.29. The summed E-state index contributed by atoms with van der Waals surface area (Å²) in [7, 11) is 0. The SMILES string of the molecule is O=C([O-])CCC(=O)Nc1sc2c(c1C(=O)Nc1ccc(Cl)cc1)CCCCC2. The van der Waals surface area contributed by atoms with E-state index in [2.05, 4.69) is 10.6 Å². The van der Waals surface area contributed by atoms with Crippen molar-refractivity contribution in [1.29, 1.82) is 0 Å². The third kappa shape index (κ3) is 5.11. The fraction of sp³-hybridized carbons (Fsp3) is 0.350. The zero-order chi connectivity index (χ0) is 20.1. The van der Waals surface area contributed by atoms with Crippen LogP contribution < -0.4 is 15.7 Å². The van der Waals surface area contributed by atoms with Crippen LogP contribution in [0.15, 0.2) is 24.3 Å². The number of hydrogen-bond acceptors (Lipinski definition) is 5. The number of benzene rings is 1. The number of carboxylic acids is 1. The Bertz CT molecular complexity index is 892. The molecular formula is C20H20ClN2O4S-. The molecule has 0 atom stereocenters. The molecule has 8 heteroatoms. The van der Waals surface area contributed by atoms with Gasteiger partial charge >= 0.3 is 0 Å². The van der Waals surface area contributed by atoms with Crippen molar-refractivity contribution in [2.75, 3.05) is 10.6 Å². The van der Waals surface area contributed by atoms with E-state index in [0.717, 1.165) is 42.5 Å². The van der Waals surface area contributed by atoms with E-state index in [9.17, 15) is 19.5 Å². The number of fused-ring (bicyclic) bond motifs is 1. The molecule has 2 N–H and O–H groups in total. The minimum atomic E-state index is -1.28. The molecule has 1 heterocycles. The number of halogens is 1. The lowest BCUT2D eigenvalue weighted by Crippen LogP contribution is -2.24. The number of amides is 2. The zero-order valence-corrected chi connectivity index (χ0v) is 16.8. The molecule has 1 aliphatic rings. The van der Waals surface area contributed by atoms with Gasteiger partial charge in [0.2, 0.25) is 5.91 Å². The largest absolute Gasteiger partial charge is 0.550 e. The molecule has 6 nitrogen and oxygen atoms in total. The number of rotatable bonds is 6. The monoisotopic (exact) mass is 419 g/mol. The number of anilines is 2. The minimum absolute atomic E-state index is 0.191. The second kappa shape index (κ2) is 9.21. The van der Waals surface area contributed by atoms with Crippen LogP contribution in [0.3, 0.4) is 0 Å². The minimum Gasteiger partial charge on any atom is -0.550 e.